The Morgan fingerprint density at radius 2 is 1.83 bits per heavy atom. The third kappa shape index (κ3) is 2.90. The Hall–Kier alpha value is -1.81. The third-order valence-electron chi connectivity index (χ3n) is 2.54. The third-order valence-corrected chi connectivity index (χ3v) is 3.23. The molecule has 0 radical (unpaired) electrons. The number of rotatable bonds is 2. The average Bonchev–Trinajstić information content (AvgIpc) is 2.35. The predicted octanol–water partition coefficient (Wildman–Crippen LogP) is 3.59. The number of aryl methyl sites for hydroxylation is 1. The molecule has 2 aromatic rings. The summed E-state index contributed by atoms with van der Waals surface area (Å²) in [6, 6.07) is 12.7. The van der Waals surface area contributed by atoms with Gasteiger partial charge in [0.2, 0.25) is 0 Å². The molecule has 0 fully saturated rings. The standard InChI is InChI=1S/C14H13BrN2O/c1-9-2-7-13(15)12(8-9)14(18)17-11-5-3-10(16)4-6-11/h2-8H,16H2,1H3,(H,17,18). The van der Waals surface area contributed by atoms with Crippen LogP contribution in [0.15, 0.2) is 46.9 Å². The molecule has 3 nitrogen and oxygen atoms in total. The average molecular weight is 305 g/mol. The highest BCUT2D eigenvalue weighted by molar-refractivity contribution is 9.10. The van der Waals surface area contributed by atoms with Crippen LogP contribution in [-0.2, 0) is 0 Å². The van der Waals surface area contributed by atoms with E-state index < -0.39 is 0 Å². The fourth-order valence-electron chi connectivity index (χ4n) is 1.58. The highest BCUT2D eigenvalue weighted by Gasteiger charge is 2.10. The lowest BCUT2D eigenvalue weighted by atomic mass is 10.1. The molecular formula is C14H13BrN2O. The summed E-state index contributed by atoms with van der Waals surface area (Å²) in [5, 5.41) is 2.83. The van der Waals surface area contributed by atoms with Gasteiger partial charge in [-0.2, -0.15) is 0 Å². The summed E-state index contributed by atoms with van der Waals surface area (Å²) >= 11 is 3.38. The Bertz CT molecular complexity index is 579. The molecule has 0 spiro atoms. The van der Waals surface area contributed by atoms with Gasteiger partial charge in [-0.25, -0.2) is 0 Å². The second-order valence-corrected chi connectivity index (χ2v) is 4.91. The summed E-state index contributed by atoms with van der Waals surface area (Å²) in [4.78, 5) is 12.1. The van der Waals surface area contributed by atoms with E-state index in [1.54, 1.807) is 24.3 Å². The maximum atomic E-state index is 12.1. The first kappa shape index (κ1) is 12.6. The highest BCUT2D eigenvalue weighted by Crippen LogP contribution is 2.20. The Kier molecular flexibility index (Phi) is 3.67. The van der Waals surface area contributed by atoms with Gasteiger partial charge in [-0.05, 0) is 59.3 Å². The molecule has 18 heavy (non-hydrogen) atoms. The zero-order valence-corrected chi connectivity index (χ0v) is 11.5. The molecular weight excluding hydrogens is 292 g/mol. The Morgan fingerprint density at radius 3 is 2.50 bits per heavy atom. The molecule has 0 atom stereocenters. The van der Waals surface area contributed by atoms with E-state index in [4.69, 9.17) is 5.73 Å². The second kappa shape index (κ2) is 5.23. The molecule has 0 bridgehead atoms. The van der Waals surface area contributed by atoms with Crippen molar-refractivity contribution in [3.05, 3.63) is 58.1 Å². The molecule has 0 saturated carbocycles. The van der Waals surface area contributed by atoms with Crippen molar-refractivity contribution in [3.63, 3.8) is 0 Å². The molecule has 2 aromatic carbocycles. The summed E-state index contributed by atoms with van der Waals surface area (Å²) in [7, 11) is 0. The number of amides is 1. The van der Waals surface area contributed by atoms with Crippen molar-refractivity contribution in [1.29, 1.82) is 0 Å². The van der Waals surface area contributed by atoms with Gasteiger partial charge in [-0.3, -0.25) is 4.79 Å². The van der Waals surface area contributed by atoms with Gasteiger partial charge in [0.1, 0.15) is 0 Å². The molecule has 0 saturated heterocycles. The number of hydrogen-bond donors (Lipinski definition) is 2. The largest absolute Gasteiger partial charge is 0.399 e. The van der Waals surface area contributed by atoms with Crippen LogP contribution in [0.4, 0.5) is 11.4 Å². The normalized spacial score (nSPS) is 10.1. The first-order valence-corrected chi connectivity index (χ1v) is 6.28. The molecule has 0 aliphatic carbocycles. The number of benzene rings is 2. The minimum atomic E-state index is -0.143. The van der Waals surface area contributed by atoms with E-state index in [1.165, 1.54) is 0 Å². The molecule has 0 aliphatic rings. The molecule has 0 aliphatic heterocycles. The second-order valence-electron chi connectivity index (χ2n) is 4.06. The number of nitrogen functional groups attached to an aromatic ring is 1. The van der Waals surface area contributed by atoms with E-state index >= 15 is 0 Å². The Balaban J connectivity index is 2.21. The summed E-state index contributed by atoms with van der Waals surface area (Å²) < 4.78 is 0.779. The van der Waals surface area contributed by atoms with E-state index in [0.717, 1.165) is 15.7 Å². The molecule has 0 aromatic heterocycles. The van der Waals surface area contributed by atoms with Crippen molar-refractivity contribution in [2.45, 2.75) is 6.92 Å². The van der Waals surface area contributed by atoms with Crippen molar-refractivity contribution in [2.75, 3.05) is 11.1 Å². The number of anilines is 2. The lowest BCUT2D eigenvalue weighted by Gasteiger charge is -2.08. The van der Waals surface area contributed by atoms with E-state index in [9.17, 15) is 4.79 Å². The van der Waals surface area contributed by atoms with Crippen molar-refractivity contribution in [2.24, 2.45) is 0 Å². The molecule has 92 valence electrons. The fraction of sp³-hybridized carbons (Fsp3) is 0.0714. The highest BCUT2D eigenvalue weighted by atomic mass is 79.9. The maximum Gasteiger partial charge on any atom is 0.256 e. The number of carbonyl (C=O) groups is 1. The number of hydrogen-bond acceptors (Lipinski definition) is 2. The molecule has 0 unspecified atom stereocenters. The van der Waals surface area contributed by atoms with Gasteiger partial charge in [0.05, 0.1) is 5.56 Å². The lowest BCUT2D eigenvalue weighted by molar-refractivity contribution is 0.102. The van der Waals surface area contributed by atoms with Crippen LogP contribution in [0.3, 0.4) is 0 Å². The van der Waals surface area contributed by atoms with Crippen LogP contribution in [-0.4, -0.2) is 5.91 Å². The van der Waals surface area contributed by atoms with Crippen LogP contribution >= 0.6 is 15.9 Å². The number of nitrogens with two attached hydrogens (primary N) is 1. The van der Waals surface area contributed by atoms with Crippen LogP contribution in [0.25, 0.3) is 0 Å². The van der Waals surface area contributed by atoms with Crippen LogP contribution in [0.2, 0.25) is 0 Å². The van der Waals surface area contributed by atoms with Gasteiger partial charge in [-0.1, -0.05) is 11.6 Å². The van der Waals surface area contributed by atoms with Crippen molar-refractivity contribution in [1.82, 2.24) is 0 Å². The number of nitrogens with one attached hydrogen (secondary N) is 1. The SMILES string of the molecule is Cc1ccc(Br)c(C(=O)Nc2ccc(N)cc2)c1. The Labute approximate surface area is 114 Å². The summed E-state index contributed by atoms with van der Waals surface area (Å²) in [5.74, 6) is -0.143. The molecule has 3 N–H and O–H groups in total. The molecule has 4 heteroatoms. The Morgan fingerprint density at radius 1 is 1.17 bits per heavy atom. The van der Waals surface area contributed by atoms with E-state index in [1.807, 2.05) is 25.1 Å². The van der Waals surface area contributed by atoms with Crippen LogP contribution in [0.1, 0.15) is 15.9 Å². The van der Waals surface area contributed by atoms with Gasteiger partial charge < -0.3 is 11.1 Å². The van der Waals surface area contributed by atoms with Crippen molar-refractivity contribution >= 4 is 33.2 Å². The minimum absolute atomic E-state index is 0.143. The van der Waals surface area contributed by atoms with Crippen LogP contribution in [0, 0.1) is 6.92 Å². The van der Waals surface area contributed by atoms with E-state index in [-0.39, 0.29) is 5.91 Å². The maximum absolute atomic E-state index is 12.1. The minimum Gasteiger partial charge on any atom is -0.399 e. The monoisotopic (exact) mass is 304 g/mol. The van der Waals surface area contributed by atoms with Gasteiger partial charge in [0, 0.05) is 15.8 Å². The number of halogens is 1. The van der Waals surface area contributed by atoms with E-state index in [0.29, 0.717) is 11.3 Å². The quantitative estimate of drug-likeness (QED) is 0.833. The first-order chi connectivity index (χ1) is 8.56. The zero-order chi connectivity index (χ0) is 13.1. The molecule has 0 heterocycles. The van der Waals surface area contributed by atoms with Gasteiger partial charge >= 0.3 is 0 Å². The fourth-order valence-corrected chi connectivity index (χ4v) is 2.00. The lowest BCUT2D eigenvalue weighted by Crippen LogP contribution is -2.12. The van der Waals surface area contributed by atoms with Crippen molar-refractivity contribution < 1.29 is 4.79 Å². The predicted molar refractivity (Wildman–Crippen MR) is 77.7 cm³/mol. The van der Waals surface area contributed by atoms with Gasteiger partial charge in [0.15, 0.2) is 0 Å². The molecule has 2 rings (SSSR count). The number of carbonyl (C=O) groups excluding carboxylic acids is 1. The van der Waals surface area contributed by atoms with Crippen LogP contribution in [0.5, 0.6) is 0 Å². The van der Waals surface area contributed by atoms with Crippen molar-refractivity contribution in [3.8, 4) is 0 Å². The zero-order valence-electron chi connectivity index (χ0n) is 9.91. The summed E-state index contributed by atoms with van der Waals surface area (Å²) in [6.07, 6.45) is 0. The first-order valence-electron chi connectivity index (χ1n) is 5.49. The van der Waals surface area contributed by atoms with Gasteiger partial charge in [-0.15, -0.1) is 0 Å². The topological polar surface area (TPSA) is 55.1 Å². The summed E-state index contributed by atoms with van der Waals surface area (Å²) in [5.41, 5.74) is 8.65. The summed E-state index contributed by atoms with van der Waals surface area (Å²) in [6.45, 7) is 1.95. The van der Waals surface area contributed by atoms with Gasteiger partial charge in [0.25, 0.3) is 5.91 Å². The van der Waals surface area contributed by atoms with Crippen LogP contribution < -0.4 is 11.1 Å². The van der Waals surface area contributed by atoms with E-state index in [2.05, 4.69) is 21.2 Å². The molecule has 1 amide bonds. The smallest absolute Gasteiger partial charge is 0.256 e.